The van der Waals surface area contributed by atoms with E-state index in [4.69, 9.17) is 16.3 Å². The summed E-state index contributed by atoms with van der Waals surface area (Å²) in [7, 11) is 2.10. The fourth-order valence-electron chi connectivity index (χ4n) is 5.00. The van der Waals surface area contributed by atoms with Crippen molar-refractivity contribution in [3.63, 3.8) is 0 Å². The lowest BCUT2D eigenvalue weighted by atomic mass is 9.95. The monoisotopic (exact) mass is 505 g/mol. The van der Waals surface area contributed by atoms with Crippen LogP contribution in [0.2, 0.25) is 5.02 Å². The van der Waals surface area contributed by atoms with Crippen LogP contribution in [0, 0.1) is 0 Å². The van der Waals surface area contributed by atoms with Gasteiger partial charge in [-0.15, -0.1) is 11.3 Å². The third kappa shape index (κ3) is 3.91. The van der Waals surface area contributed by atoms with Gasteiger partial charge in [-0.1, -0.05) is 29.8 Å². The van der Waals surface area contributed by atoms with Crippen LogP contribution in [0.25, 0.3) is 16.1 Å². The van der Waals surface area contributed by atoms with Crippen molar-refractivity contribution in [1.29, 1.82) is 0 Å². The minimum Gasteiger partial charge on any atom is -0.492 e. The number of para-hydroxylation sites is 1. The molecule has 1 fully saturated rings. The number of halogens is 1. The second-order valence-corrected chi connectivity index (χ2v) is 10.3. The van der Waals surface area contributed by atoms with Crippen molar-refractivity contribution in [2.75, 3.05) is 33.3 Å². The van der Waals surface area contributed by atoms with Crippen molar-refractivity contribution in [2.45, 2.75) is 12.0 Å². The number of benzene rings is 2. The third-order valence-corrected chi connectivity index (χ3v) is 8.12. The lowest BCUT2D eigenvalue weighted by Gasteiger charge is -2.38. The molecule has 35 heavy (non-hydrogen) atoms. The maximum Gasteiger partial charge on any atom is 0.210 e. The highest BCUT2D eigenvalue weighted by atomic mass is 35.5. The van der Waals surface area contributed by atoms with E-state index >= 15 is 0 Å². The number of piperazine rings is 1. The Morgan fingerprint density at radius 1 is 1.17 bits per heavy atom. The van der Waals surface area contributed by atoms with Crippen molar-refractivity contribution < 1.29 is 9.53 Å². The average Bonchev–Trinajstić information content (AvgIpc) is 3.53. The van der Waals surface area contributed by atoms with E-state index in [9.17, 15) is 4.79 Å². The first-order valence-corrected chi connectivity index (χ1v) is 12.8. The zero-order valence-electron chi connectivity index (χ0n) is 19.2. The number of rotatable bonds is 4. The SMILES string of the molecule is CN1CCN(C=O)C(c2ccc3c(c2)-c2sccc2C(c2ncnn2-c2ccccc2Cl)CO3)C1. The van der Waals surface area contributed by atoms with Crippen molar-refractivity contribution in [3.8, 4) is 21.9 Å². The molecule has 0 N–H and O–H groups in total. The molecule has 178 valence electrons. The Kier molecular flexibility index (Phi) is 5.80. The minimum atomic E-state index is -0.113. The Hall–Kier alpha value is -3.20. The van der Waals surface area contributed by atoms with E-state index in [-0.39, 0.29) is 12.0 Å². The van der Waals surface area contributed by atoms with E-state index in [1.807, 2.05) is 35.2 Å². The molecule has 0 bridgehead atoms. The Morgan fingerprint density at radius 3 is 2.91 bits per heavy atom. The number of ether oxygens (including phenoxy) is 1. The molecule has 1 saturated heterocycles. The van der Waals surface area contributed by atoms with Crippen LogP contribution in [0.3, 0.4) is 0 Å². The predicted octanol–water partition coefficient (Wildman–Crippen LogP) is 4.62. The van der Waals surface area contributed by atoms with Crippen LogP contribution in [0.1, 0.15) is 28.9 Å². The molecule has 2 aromatic heterocycles. The first kappa shape index (κ1) is 22.3. The van der Waals surface area contributed by atoms with Crippen LogP contribution in [0.5, 0.6) is 5.75 Å². The summed E-state index contributed by atoms with van der Waals surface area (Å²) < 4.78 is 8.17. The lowest BCUT2D eigenvalue weighted by molar-refractivity contribution is -0.122. The summed E-state index contributed by atoms with van der Waals surface area (Å²) in [5, 5.41) is 7.21. The molecule has 1 amide bonds. The number of hydrogen-bond donors (Lipinski definition) is 0. The maximum absolute atomic E-state index is 11.8. The fourth-order valence-corrected chi connectivity index (χ4v) is 6.20. The van der Waals surface area contributed by atoms with Crippen LogP contribution in [-0.2, 0) is 4.79 Å². The van der Waals surface area contributed by atoms with Gasteiger partial charge >= 0.3 is 0 Å². The fraction of sp³-hybridized carbons (Fsp3) is 0.269. The summed E-state index contributed by atoms with van der Waals surface area (Å²) in [5.74, 6) is 1.51. The number of hydrogen-bond acceptors (Lipinski definition) is 6. The zero-order valence-corrected chi connectivity index (χ0v) is 20.7. The number of fused-ring (bicyclic) bond motifs is 3. The normalized spacial score (nSPS) is 20.0. The maximum atomic E-state index is 11.8. The van der Waals surface area contributed by atoms with E-state index < -0.39 is 0 Å². The second kappa shape index (κ2) is 9.11. The highest BCUT2D eigenvalue weighted by Crippen LogP contribution is 2.45. The van der Waals surface area contributed by atoms with Gasteiger partial charge in [-0.3, -0.25) is 4.79 Å². The standard InChI is InChI=1S/C26H24ClN5O2S/c1-30-9-10-31(16-33)23(13-30)17-6-7-24-19(12-17)25-18(8-11-35-25)20(14-34-24)26-28-15-29-32(26)22-5-3-2-4-21(22)27/h2-8,11-12,15-16,20,23H,9-10,13-14H2,1H3. The molecule has 0 spiro atoms. The largest absolute Gasteiger partial charge is 0.492 e. The summed E-state index contributed by atoms with van der Waals surface area (Å²) in [6.07, 6.45) is 2.53. The first-order chi connectivity index (χ1) is 17.1. The number of carbonyl (C=O) groups is 1. The number of likely N-dealkylation sites (N-methyl/N-ethyl adjacent to an activating group) is 1. The average molecular weight is 506 g/mol. The van der Waals surface area contributed by atoms with Crippen LogP contribution in [0.4, 0.5) is 0 Å². The Labute approximate surface area is 212 Å². The highest BCUT2D eigenvalue weighted by molar-refractivity contribution is 7.13. The molecule has 2 atom stereocenters. The van der Waals surface area contributed by atoms with Gasteiger partial charge < -0.3 is 14.5 Å². The van der Waals surface area contributed by atoms with Crippen LogP contribution >= 0.6 is 22.9 Å². The number of thiophene rings is 1. The van der Waals surface area contributed by atoms with Gasteiger partial charge in [0.2, 0.25) is 6.41 Å². The van der Waals surface area contributed by atoms with E-state index in [2.05, 4.69) is 45.6 Å². The molecule has 4 aromatic rings. The summed E-state index contributed by atoms with van der Waals surface area (Å²) in [6.45, 7) is 2.85. The Bertz CT molecular complexity index is 1390. The molecule has 0 saturated carbocycles. The molecule has 4 heterocycles. The molecule has 7 nitrogen and oxygen atoms in total. The minimum absolute atomic E-state index is 0.0160. The van der Waals surface area contributed by atoms with Gasteiger partial charge in [0.25, 0.3) is 0 Å². The van der Waals surface area contributed by atoms with Gasteiger partial charge in [-0.05, 0) is 53.9 Å². The van der Waals surface area contributed by atoms with E-state index in [1.54, 1.807) is 22.3 Å². The van der Waals surface area contributed by atoms with Gasteiger partial charge in [-0.25, -0.2) is 9.67 Å². The molecule has 9 heteroatoms. The Balaban J connectivity index is 1.41. The lowest BCUT2D eigenvalue weighted by Crippen LogP contribution is -2.46. The van der Waals surface area contributed by atoms with Gasteiger partial charge in [0.05, 0.1) is 22.7 Å². The molecule has 2 aliphatic heterocycles. The van der Waals surface area contributed by atoms with E-state index in [0.29, 0.717) is 11.6 Å². The van der Waals surface area contributed by atoms with Gasteiger partial charge in [0.15, 0.2) is 0 Å². The van der Waals surface area contributed by atoms with Gasteiger partial charge in [-0.2, -0.15) is 5.10 Å². The number of carbonyl (C=O) groups excluding carboxylic acids is 1. The first-order valence-electron chi connectivity index (χ1n) is 11.5. The predicted molar refractivity (Wildman–Crippen MR) is 136 cm³/mol. The van der Waals surface area contributed by atoms with Crippen molar-refractivity contribution in [3.05, 3.63) is 82.2 Å². The van der Waals surface area contributed by atoms with Crippen molar-refractivity contribution in [2.24, 2.45) is 0 Å². The molecular formula is C26H24ClN5O2S. The molecule has 2 aromatic carbocycles. The number of nitrogens with zero attached hydrogens (tertiary/aromatic N) is 5. The highest BCUT2D eigenvalue weighted by Gasteiger charge is 2.32. The summed E-state index contributed by atoms with van der Waals surface area (Å²) >= 11 is 8.18. The molecule has 0 aliphatic carbocycles. The van der Waals surface area contributed by atoms with Crippen LogP contribution < -0.4 is 4.74 Å². The second-order valence-electron chi connectivity index (χ2n) is 8.93. The van der Waals surface area contributed by atoms with Crippen LogP contribution in [0.15, 0.2) is 60.2 Å². The van der Waals surface area contributed by atoms with Crippen LogP contribution in [-0.4, -0.2) is 64.3 Å². The molecular weight excluding hydrogens is 482 g/mol. The quantitative estimate of drug-likeness (QED) is 0.379. The molecule has 2 aliphatic rings. The van der Waals surface area contributed by atoms with Gasteiger partial charge in [0.1, 0.15) is 24.5 Å². The summed E-state index contributed by atoms with van der Waals surface area (Å²) in [5.41, 5.74) is 4.11. The molecule has 6 rings (SSSR count). The topological polar surface area (TPSA) is 63.5 Å². The van der Waals surface area contributed by atoms with E-state index in [0.717, 1.165) is 64.9 Å². The van der Waals surface area contributed by atoms with Gasteiger partial charge in [0, 0.05) is 30.1 Å². The molecule has 2 unspecified atom stereocenters. The van der Waals surface area contributed by atoms with Crippen molar-refractivity contribution >= 4 is 29.3 Å². The smallest absolute Gasteiger partial charge is 0.210 e. The van der Waals surface area contributed by atoms with E-state index in [1.165, 1.54) is 0 Å². The van der Waals surface area contributed by atoms with Crippen molar-refractivity contribution in [1.82, 2.24) is 24.6 Å². The summed E-state index contributed by atoms with van der Waals surface area (Å²) in [4.78, 5) is 21.7. The zero-order chi connectivity index (χ0) is 23.9. The number of aromatic nitrogens is 3. The summed E-state index contributed by atoms with van der Waals surface area (Å²) in [6, 6.07) is 16.1. The number of amides is 1. The Morgan fingerprint density at radius 2 is 2.06 bits per heavy atom. The molecule has 0 radical (unpaired) electrons. The third-order valence-electron chi connectivity index (χ3n) is 6.84.